The second-order valence-corrected chi connectivity index (χ2v) is 3.96. The zero-order chi connectivity index (χ0) is 12.0. The van der Waals surface area contributed by atoms with Gasteiger partial charge in [0, 0.05) is 0 Å². The van der Waals surface area contributed by atoms with Gasteiger partial charge in [0.2, 0.25) is 0 Å². The van der Waals surface area contributed by atoms with Gasteiger partial charge in [-0.1, -0.05) is 67.1 Å². The Balaban J connectivity index is 2.88. The predicted octanol–water partition coefficient (Wildman–Crippen LogP) is 4.92. The Morgan fingerprint density at radius 3 is 2.31 bits per heavy atom. The van der Waals surface area contributed by atoms with Crippen molar-refractivity contribution < 1.29 is 0 Å². The van der Waals surface area contributed by atoms with E-state index in [1.54, 1.807) is 0 Å². The van der Waals surface area contributed by atoms with E-state index in [1.807, 2.05) is 0 Å². The fourth-order valence-corrected chi connectivity index (χ4v) is 1.43. The van der Waals surface area contributed by atoms with Gasteiger partial charge >= 0.3 is 0 Å². The van der Waals surface area contributed by atoms with Gasteiger partial charge in [-0.15, -0.1) is 0 Å². The summed E-state index contributed by atoms with van der Waals surface area (Å²) >= 11 is 0. The van der Waals surface area contributed by atoms with Crippen LogP contribution in [0.2, 0.25) is 0 Å². The topological polar surface area (TPSA) is 0 Å². The molecule has 1 aromatic rings. The minimum Gasteiger partial charge on any atom is -0.0958 e. The van der Waals surface area contributed by atoms with E-state index in [4.69, 9.17) is 0 Å². The van der Waals surface area contributed by atoms with Crippen molar-refractivity contribution in [3.05, 3.63) is 65.8 Å². The minimum atomic E-state index is 1.00. The monoisotopic (exact) mass is 212 g/mol. The van der Waals surface area contributed by atoms with Gasteiger partial charge in [0.1, 0.15) is 0 Å². The lowest BCUT2D eigenvalue weighted by atomic mass is 10.0. The second kappa shape index (κ2) is 6.12. The van der Waals surface area contributed by atoms with Crippen LogP contribution < -0.4 is 0 Å². The van der Waals surface area contributed by atoms with Crippen molar-refractivity contribution in [3.8, 4) is 0 Å². The van der Waals surface area contributed by atoms with Crippen LogP contribution >= 0.6 is 0 Å². The molecule has 0 heterocycles. The van der Waals surface area contributed by atoms with Crippen LogP contribution in [0.5, 0.6) is 0 Å². The highest BCUT2D eigenvalue weighted by molar-refractivity contribution is 5.74. The molecule has 0 fully saturated rings. The third kappa shape index (κ3) is 3.54. The molecule has 0 saturated heterocycles. The maximum absolute atomic E-state index is 3.97. The number of hydrogen-bond donors (Lipinski definition) is 0. The van der Waals surface area contributed by atoms with Gasteiger partial charge in [0.25, 0.3) is 0 Å². The van der Waals surface area contributed by atoms with Crippen molar-refractivity contribution in [1.82, 2.24) is 0 Å². The Morgan fingerprint density at radius 1 is 1.19 bits per heavy atom. The molecule has 0 aromatic heterocycles. The van der Waals surface area contributed by atoms with Gasteiger partial charge < -0.3 is 0 Å². The van der Waals surface area contributed by atoms with E-state index >= 15 is 0 Å². The molecule has 84 valence electrons. The van der Waals surface area contributed by atoms with E-state index in [0.29, 0.717) is 0 Å². The zero-order valence-electron chi connectivity index (χ0n) is 10.5. The molecule has 0 radical (unpaired) electrons. The summed E-state index contributed by atoms with van der Waals surface area (Å²) in [4.78, 5) is 0. The first-order chi connectivity index (χ1) is 7.67. The molecule has 0 N–H and O–H groups in total. The van der Waals surface area contributed by atoms with Crippen molar-refractivity contribution in [2.75, 3.05) is 0 Å². The lowest BCUT2D eigenvalue weighted by Gasteiger charge is -2.03. The smallest absolute Gasteiger partial charge is 0.0187 e. The van der Waals surface area contributed by atoms with Crippen LogP contribution in [0.4, 0.5) is 0 Å². The van der Waals surface area contributed by atoms with E-state index in [0.717, 1.165) is 12.0 Å². The minimum absolute atomic E-state index is 1.00. The van der Waals surface area contributed by atoms with E-state index in [9.17, 15) is 0 Å². The molecular formula is C16H20. The van der Waals surface area contributed by atoms with Crippen LogP contribution in [0.25, 0.3) is 5.57 Å². The molecule has 0 nitrogen and oxygen atoms in total. The Morgan fingerprint density at radius 2 is 1.81 bits per heavy atom. The third-order valence-electron chi connectivity index (χ3n) is 2.65. The molecule has 0 spiro atoms. The van der Waals surface area contributed by atoms with E-state index in [2.05, 4.69) is 69.8 Å². The van der Waals surface area contributed by atoms with Crippen LogP contribution in [-0.2, 0) is 0 Å². The van der Waals surface area contributed by atoms with Gasteiger partial charge in [-0.3, -0.25) is 0 Å². The van der Waals surface area contributed by atoms with E-state index in [-0.39, 0.29) is 0 Å². The number of hydrogen-bond acceptors (Lipinski definition) is 0. The fraction of sp³-hybridized carbons (Fsp3) is 0.250. The van der Waals surface area contributed by atoms with Crippen LogP contribution in [0.1, 0.15) is 31.4 Å². The SMILES string of the molecule is C=C(/C=C\C(=C/C)c1ccc(C)cc1)CC. The Hall–Kier alpha value is -1.56. The van der Waals surface area contributed by atoms with Gasteiger partial charge in [0.15, 0.2) is 0 Å². The quantitative estimate of drug-likeness (QED) is 0.621. The van der Waals surface area contributed by atoms with Gasteiger partial charge in [-0.05, 0) is 31.4 Å². The molecule has 0 heteroatoms. The maximum atomic E-state index is 3.97. The summed E-state index contributed by atoms with van der Waals surface area (Å²) < 4.78 is 0. The lowest BCUT2D eigenvalue weighted by molar-refractivity contribution is 1.16. The molecule has 0 unspecified atom stereocenters. The molecule has 0 amide bonds. The summed E-state index contributed by atoms with van der Waals surface area (Å²) in [6, 6.07) is 8.59. The van der Waals surface area contributed by atoms with E-state index < -0.39 is 0 Å². The Bertz CT molecular complexity index is 402. The number of aryl methyl sites for hydroxylation is 1. The molecule has 0 aliphatic rings. The molecule has 0 atom stereocenters. The van der Waals surface area contributed by atoms with Crippen LogP contribution in [-0.4, -0.2) is 0 Å². The molecule has 0 saturated carbocycles. The largest absolute Gasteiger partial charge is 0.0958 e. The van der Waals surface area contributed by atoms with Gasteiger partial charge in [-0.25, -0.2) is 0 Å². The molecular weight excluding hydrogens is 192 g/mol. The summed E-state index contributed by atoms with van der Waals surface area (Å²) in [6.07, 6.45) is 7.36. The fourth-order valence-electron chi connectivity index (χ4n) is 1.43. The van der Waals surface area contributed by atoms with Crippen molar-refractivity contribution in [3.63, 3.8) is 0 Å². The average molecular weight is 212 g/mol. The molecule has 0 aliphatic carbocycles. The average Bonchev–Trinajstić information content (AvgIpc) is 2.31. The number of allylic oxidation sites excluding steroid dienone is 5. The molecule has 0 bridgehead atoms. The molecule has 1 aromatic carbocycles. The van der Waals surface area contributed by atoms with Crippen LogP contribution in [0, 0.1) is 6.92 Å². The number of rotatable bonds is 4. The Labute approximate surface area is 99.0 Å². The summed E-state index contributed by atoms with van der Waals surface area (Å²) in [5.74, 6) is 0. The number of benzene rings is 1. The summed E-state index contributed by atoms with van der Waals surface area (Å²) in [6.45, 7) is 10.3. The van der Waals surface area contributed by atoms with Crippen molar-refractivity contribution in [1.29, 1.82) is 0 Å². The zero-order valence-corrected chi connectivity index (χ0v) is 10.5. The molecule has 16 heavy (non-hydrogen) atoms. The molecule has 0 aliphatic heterocycles. The second-order valence-electron chi connectivity index (χ2n) is 3.96. The normalized spacial score (nSPS) is 12.1. The van der Waals surface area contributed by atoms with Crippen molar-refractivity contribution in [2.45, 2.75) is 27.2 Å². The summed E-state index contributed by atoms with van der Waals surface area (Å²) in [7, 11) is 0. The lowest BCUT2D eigenvalue weighted by Crippen LogP contribution is -1.81. The highest BCUT2D eigenvalue weighted by Gasteiger charge is 1.95. The first kappa shape index (κ1) is 12.5. The van der Waals surface area contributed by atoms with E-state index in [1.165, 1.54) is 16.7 Å². The standard InChI is InChI=1S/C16H20/c1-5-13(3)7-10-15(6-2)16-11-8-14(4)9-12-16/h6-12H,3,5H2,1-2,4H3/b10-7-,15-6+. The van der Waals surface area contributed by atoms with Crippen molar-refractivity contribution >= 4 is 5.57 Å². The van der Waals surface area contributed by atoms with Gasteiger partial charge in [-0.2, -0.15) is 0 Å². The predicted molar refractivity (Wildman–Crippen MR) is 73.4 cm³/mol. The maximum Gasteiger partial charge on any atom is -0.0187 e. The highest BCUT2D eigenvalue weighted by Crippen LogP contribution is 2.17. The first-order valence-electron chi connectivity index (χ1n) is 5.76. The van der Waals surface area contributed by atoms with Crippen molar-refractivity contribution in [2.24, 2.45) is 0 Å². The highest BCUT2D eigenvalue weighted by atomic mass is 14.0. The third-order valence-corrected chi connectivity index (χ3v) is 2.65. The summed E-state index contributed by atoms with van der Waals surface area (Å²) in [5, 5.41) is 0. The summed E-state index contributed by atoms with van der Waals surface area (Å²) in [5.41, 5.74) is 4.95. The van der Waals surface area contributed by atoms with Gasteiger partial charge in [0.05, 0.1) is 0 Å². The first-order valence-corrected chi connectivity index (χ1v) is 5.76. The molecule has 1 rings (SSSR count). The van der Waals surface area contributed by atoms with Crippen LogP contribution in [0.15, 0.2) is 54.6 Å². The Kier molecular flexibility index (Phi) is 4.78. The van der Waals surface area contributed by atoms with Crippen LogP contribution in [0.3, 0.4) is 0 Å².